The summed E-state index contributed by atoms with van der Waals surface area (Å²) in [4.78, 5) is 12.2. The molecule has 0 aliphatic rings. The van der Waals surface area contributed by atoms with Crippen LogP contribution in [0.3, 0.4) is 0 Å². The Bertz CT molecular complexity index is 679. The lowest BCUT2D eigenvalue weighted by Crippen LogP contribution is -2.45. The molecule has 0 aliphatic heterocycles. The molecule has 0 fully saturated rings. The second kappa shape index (κ2) is 5.60. The van der Waals surface area contributed by atoms with Gasteiger partial charge in [-0.15, -0.1) is 0 Å². The fourth-order valence-electron chi connectivity index (χ4n) is 2.52. The highest BCUT2D eigenvalue weighted by molar-refractivity contribution is 5.89. The van der Waals surface area contributed by atoms with E-state index in [9.17, 15) is 4.79 Å². The van der Waals surface area contributed by atoms with Crippen LogP contribution in [0.5, 0.6) is 0 Å². The third-order valence-corrected chi connectivity index (χ3v) is 3.95. The number of rotatable bonds is 4. The lowest BCUT2D eigenvalue weighted by Gasteiger charge is -2.31. The van der Waals surface area contributed by atoms with E-state index in [1.807, 2.05) is 70.2 Å². The van der Waals surface area contributed by atoms with Crippen LogP contribution in [0.25, 0.3) is 0 Å². The van der Waals surface area contributed by atoms with E-state index in [2.05, 4.69) is 5.32 Å². The minimum atomic E-state index is -0.942. The number of nitrogens with two attached hydrogens (primary N) is 1. The molecule has 1 atom stereocenters. The molecule has 2 rings (SSSR count). The molecule has 0 bridgehead atoms. The number of hydrogen-bond donors (Lipinski definition) is 2. The summed E-state index contributed by atoms with van der Waals surface area (Å²) in [5.74, 6) is -0.389. The molecule has 2 aromatic carbocycles. The molecule has 0 aliphatic carbocycles. The third-order valence-electron chi connectivity index (χ3n) is 3.95. The maximum absolute atomic E-state index is 12.2. The molecule has 0 radical (unpaired) electrons. The number of nitrogens with one attached hydrogen (secondary N) is 1. The van der Waals surface area contributed by atoms with E-state index < -0.39 is 5.54 Å². The summed E-state index contributed by atoms with van der Waals surface area (Å²) in [5.41, 5.74) is 9.84. The zero-order valence-electron chi connectivity index (χ0n) is 13.0. The number of primary amides is 1. The highest BCUT2D eigenvalue weighted by Crippen LogP contribution is 2.30. The zero-order chi connectivity index (χ0) is 15.6. The fourth-order valence-corrected chi connectivity index (χ4v) is 2.52. The Hall–Kier alpha value is -2.29. The van der Waals surface area contributed by atoms with E-state index in [4.69, 9.17) is 5.73 Å². The Kier molecular flexibility index (Phi) is 4.03. The number of hydrogen-bond acceptors (Lipinski definition) is 2. The molecule has 3 heteroatoms. The van der Waals surface area contributed by atoms with Crippen molar-refractivity contribution >= 4 is 11.6 Å². The molecule has 1 unspecified atom stereocenters. The maximum Gasteiger partial charge on any atom is 0.247 e. The quantitative estimate of drug-likeness (QED) is 0.902. The number of aryl methyl sites for hydroxylation is 3. The Morgan fingerprint density at radius 2 is 1.71 bits per heavy atom. The zero-order valence-corrected chi connectivity index (χ0v) is 13.0. The first-order chi connectivity index (χ1) is 9.84. The van der Waals surface area contributed by atoms with E-state index in [1.54, 1.807) is 0 Å². The van der Waals surface area contributed by atoms with Crippen LogP contribution in [0.2, 0.25) is 0 Å². The van der Waals surface area contributed by atoms with E-state index in [0.717, 1.165) is 27.9 Å². The van der Waals surface area contributed by atoms with Crippen LogP contribution < -0.4 is 11.1 Å². The minimum absolute atomic E-state index is 0.389. The van der Waals surface area contributed by atoms with Crippen LogP contribution in [0, 0.1) is 20.8 Å². The molecule has 0 aromatic heterocycles. The average Bonchev–Trinajstić information content (AvgIpc) is 2.43. The first-order valence-corrected chi connectivity index (χ1v) is 7.06. The van der Waals surface area contributed by atoms with Gasteiger partial charge in [0.15, 0.2) is 0 Å². The van der Waals surface area contributed by atoms with Crippen molar-refractivity contribution in [3.63, 3.8) is 0 Å². The van der Waals surface area contributed by atoms with Crippen LogP contribution in [0.1, 0.15) is 29.2 Å². The summed E-state index contributed by atoms with van der Waals surface area (Å²) < 4.78 is 0. The molecule has 2 aromatic rings. The summed E-state index contributed by atoms with van der Waals surface area (Å²) in [6, 6.07) is 14.0. The van der Waals surface area contributed by atoms with Gasteiger partial charge in [0.1, 0.15) is 5.54 Å². The standard InChI is InChI=1S/C18H22N2O/c1-12-9-10-13(2)15(11-12)18(4,17(19)21)20-16-8-6-5-7-14(16)3/h5-11,20H,1-4H3,(H2,19,21). The van der Waals surface area contributed by atoms with Gasteiger partial charge in [0.25, 0.3) is 0 Å². The Morgan fingerprint density at radius 1 is 1.05 bits per heavy atom. The number of amides is 1. The predicted octanol–water partition coefficient (Wildman–Crippen LogP) is 3.42. The monoisotopic (exact) mass is 282 g/mol. The first-order valence-electron chi connectivity index (χ1n) is 7.06. The molecule has 0 spiro atoms. The van der Waals surface area contributed by atoms with Crippen molar-refractivity contribution in [1.29, 1.82) is 0 Å². The van der Waals surface area contributed by atoms with Crippen LogP contribution in [0.15, 0.2) is 42.5 Å². The van der Waals surface area contributed by atoms with Gasteiger partial charge < -0.3 is 11.1 Å². The number of para-hydroxylation sites is 1. The van der Waals surface area contributed by atoms with Crippen molar-refractivity contribution in [3.05, 3.63) is 64.7 Å². The van der Waals surface area contributed by atoms with Gasteiger partial charge in [0.2, 0.25) is 5.91 Å². The molecule has 0 saturated carbocycles. The largest absolute Gasteiger partial charge is 0.368 e. The van der Waals surface area contributed by atoms with Crippen LogP contribution in [-0.2, 0) is 10.3 Å². The van der Waals surface area contributed by atoms with Crippen molar-refractivity contribution in [2.75, 3.05) is 5.32 Å². The lowest BCUT2D eigenvalue weighted by atomic mass is 9.86. The predicted molar refractivity (Wildman–Crippen MR) is 87.3 cm³/mol. The van der Waals surface area contributed by atoms with Gasteiger partial charge in [-0.2, -0.15) is 0 Å². The normalized spacial score (nSPS) is 13.5. The van der Waals surface area contributed by atoms with E-state index >= 15 is 0 Å². The van der Waals surface area contributed by atoms with E-state index in [1.165, 1.54) is 0 Å². The molecule has 110 valence electrons. The van der Waals surface area contributed by atoms with Crippen molar-refractivity contribution in [1.82, 2.24) is 0 Å². The topological polar surface area (TPSA) is 55.1 Å². The van der Waals surface area contributed by atoms with Crippen LogP contribution in [0.4, 0.5) is 5.69 Å². The van der Waals surface area contributed by atoms with Gasteiger partial charge in [0.05, 0.1) is 0 Å². The van der Waals surface area contributed by atoms with E-state index in [0.29, 0.717) is 0 Å². The molecule has 1 amide bonds. The number of carbonyl (C=O) groups is 1. The second-order valence-corrected chi connectivity index (χ2v) is 5.75. The van der Waals surface area contributed by atoms with Gasteiger partial charge in [-0.1, -0.05) is 42.0 Å². The number of carbonyl (C=O) groups excluding carboxylic acids is 1. The van der Waals surface area contributed by atoms with Crippen molar-refractivity contribution < 1.29 is 4.79 Å². The summed E-state index contributed by atoms with van der Waals surface area (Å²) in [6.45, 7) is 7.85. The lowest BCUT2D eigenvalue weighted by molar-refractivity contribution is -0.122. The summed E-state index contributed by atoms with van der Waals surface area (Å²) in [5, 5.41) is 3.33. The van der Waals surface area contributed by atoms with Gasteiger partial charge in [-0.05, 0) is 50.5 Å². The van der Waals surface area contributed by atoms with Gasteiger partial charge in [-0.3, -0.25) is 4.79 Å². The Balaban J connectivity index is 2.53. The molecular formula is C18H22N2O. The highest BCUT2D eigenvalue weighted by atomic mass is 16.1. The number of anilines is 1. The fraction of sp³-hybridized carbons (Fsp3) is 0.278. The van der Waals surface area contributed by atoms with Crippen LogP contribution in [-0.4, -0.2) is 5.91 Å². The molecule has 0 heterocycles. The maximum atomic E-state index is 12.2. The van der Waals surface area contributed by atoms with Gasteiger partial charge >= 0.3 is 0 Å². The molecule has 21 heavy (non-hydrogen) atoms. The Morgan fingerprint density at radius 3 is 2.33 bits per heavy atom. The van der Waals surface area contributed by atoms with Gasteiger partial charge in [-0.25, -0.2) is 0 Å². The highest BCUT2D eigenvalue weighted by Gasteiger charge is 2.34. The number of benzene rings is 2. The summed E-state index contributed by atoms with van der Waals surface area (Å²) in [7, 11) is 0. The van der Waals surface area contributed by atoms with Crippen LogP contribution >= 0.6 is 0 Å². The van der Waals surface area contributed by atoms with Crippen molar-refractivity contribution in [2.45, 2.75) is 33.2 Å². The first kappa shape index (κ1) is 15.1. The average molecular weight is 282 g/mol. The van der Waals surface area contributed by atoms with Crippen molar-refractivity contribution in [2.24, 2.45) is 5.73 Å². The van der Waals surface area contributed by atoms with E-state index in [-0.39, 0.29) is 5.91 Å². The molecule has 3 N–H and O–H groups in total. The second-order valence-electron chi connectivity index (χ2n) is 5.75. The SMILES string of the molecule is Cc1ccc(C)c(C(C)(Nc2ccccc2C)C(N)=O)c1. The molecule has 3 nitrogen and oxygen atoms in total. The summed E-state index contributed by atoms with van der Waals surface area (Å²) in [6.07, 6.45) is 0. The summed E-state index contributed by atoms with van der Waals surface area (Å²) >= 11 is 0. The smallest absolute Gasteiger partial charge is 0.247 e. The molecule has 0 saturated heterocycles. The van der Waals surface area contributed by atoms with Gasteiger partial charge in [0, 0.05) is 5.69 Å². The third kappa shape index (κ3) is 2.92. The minimum Gasteiger partial charge on any atom is -0.368 e. The molecular weight excluding hydrogens is 260 g/mol. The van der Waals surface area contributed by atoms with Crippen molar-refractivity contribution in [3.8, 4) is 0 Å². The Labute approximate surface area is 126 Å².